The molecule has 0 saturated heterocycles. The third-order valence-corrected chi connectivity index (χ3v) is 3.42. The van der Waals surface area contributed by atoms with Crippen LogP contribution in [-0.2, 0) is 6.18 Å². The molecule has 0 aliphatic carbocycles. The summed E-state index contributed by atoms with van der Waals surface area (Å²) in [5.74, 6) is -0.435. The number of nitriles is 1. The van der Waals surface area contributed by atoms with E-state index < -0.39 is 17.6 Å². The largest absolute Gasteiger partial charge is 0.421 e. The molecule has 5 nitrogen and oxygen atoms in total. The number of anilines is 4. The Kier molecular flexibility index (Phi) is 4.71. The van der Waals surface area contributed by atoms with Gasteiger partial charge in [0.15, 0.2) is 0 Å². The van der Waals surface area contributed by atoms with Gasteiger partial charge in [-0.25, -0.2) is 4.98 Å². The Bertz CT molecular complexity index is 949. The Labute approximate surface area is 147 Å². The molecule has 0 unspecified atom stereocenters. The van der Waals surface area contributed by atoms with Crippen LogP contribution in [0.5, 0.6) is 0 Å². The van der Waals surface area contributed by atoms with E-state index in [1.54, 1.807) is 36.4 Å². The molecule has 0 aliphatic heterocycles. The van der Waals surface area contributed by atoms with E-state index in [2.05, 4.69) is 20.6 Å². The zero-order valence-electron chi connectivity index (χ0n) is 13.2. The van der Waals surface area contributed by atoms with Crippen LogP contribution in [0.3, 0.4) is 0 Å². The summed E-state index contributed by atoms with van der Waals surface area (Å²) in [7, 11) is 0. The molecule has 0 aliphatic rings. The number of para-hydroxylation sites is 2. The summed E-state index contributed by atoms with van der Waals surface area (Å²) >= 11 is 0. The zero-order valence-corrected chi connectivity index (χ0v) is 13.2. The van der Waals surface area contributed by atoms with Crippen molar-refractivity contribution in [2.24, 2.45) is 0 Å². The molecule has 2 N–H and O–H groups in total. The number of hydrogen-bond acceptors (Lipinski definition) is 5. The van der Waals surface area contributed by atoms with Gasteiger partial charge in [0.25, 0.3) is 0 Å². The van der Waals surface area contributed by atoms with Gasteiger partial charge >= 0.3 is 6.18 Å². The van der Waals surface area contributed by atoms with Crippen molar-refractivity contribution in [2.75, 3.05) is 10.6 Å². The molecule has 0 fully saturated rings. The lowest BCUT2D eigenvalue weighted by molar-refractivity contribution is -0.137. The van der Waals surface area contributed by atoms with Crippen molar-refractivity contribution in [1.82, 2.24) is 9.97 Å². The van der Waals surface area contributed by atoms with Crippen LogP contribution in [0.15, 0.2) is 60.8 Å². The van der Waals surface area contributed by atoms with Crippen LogP contribution in [0.1, 0.15) is 11.1 Å². The van der Waals surface area contributed by atoms with Crippen molar-refractivity contribution in [2.45, 2.75) is 6.18 Å². The number of aromatic nitrogens is 2. The molecular weight excluding hydrogens is 343 g/mol. The number of nitrogens with zero attached hydrogens (tertiary/aromatic N) is 3. The minimum atomic E-state index is -4.64. The van der Waals surface area contributed by atoms with Crippen molar-refractivity contribution in [3.05, 3.63) is 71.9 Å². The molecule has 3 rings (SSSR count). The Morgan fingerprint density at radius 3 is 2.31 bits per heavy atom. The van der Waals surface area contributed by atoms with Gasteiger partial charge in [0.05, 0.1) is 11.3 Å². The third-order valence-electron chi connectivity index (χ3n) is 3.42. The second-order valence-corrected chi connectivity index (χ2v) is 5.23. The maximum atomic E-state index is 13.3. The molecule has 0 bridgehead atoms. The van der Waals surface area contributed by atoms with Gasteiger partial charge in [0.2, 0.25) is 5.95 Å². The molecule has 2 aromatic carbocycles. The predicted molar refractivity (Wildman–Crippen MR) is 91.2 cm³/mol. The molecule has 8 heteroatoms. The fourth-order valence-electron chi connectivity index (χ4n) is 2.21. The Morgan fingerprint density at radius 1 is 0.923 bits per heavy atom. The van der Waals surface area contributed by atoms with Gasteiger partial charge in [0, 0.05) is 11.9 Å². The van der Waals surface area contributed by atoms with E-state index in [1.807, 2.05) is 12.1 Å². The average Bonchev–Trinajstić information content (AvgIpc) is 2.62. The predicted octanol–water partition coefficient (Wildman–Crippen LogP) is 4.85. The topological polar surface area (TPSA) is 73.6 Å². The minimum absolute atomic E-state index is 0.00105. The Morgan fingerprint density at radius 2 is 1.62 bits per heavy atom. The second kappa shape index (κ2) is 7.11. The number of halogens is 3. The molecular formula is C18H12F3N5. The Hall–Kier alpha value is -3.60. The zero-order chi connectivity index (χ0) is 18.6. The normalized spacial score (nSPS) is 10.8. The summed E-state index contributed by atoms with van der Waals surface area (Å²) in [4.78, 5) is 7.68. The van der Waals surface area contributed by atoms with Crippen LogP contribution < -0.4 is 10.6 Å². The minimum Gasteiger partial charge on any atom is -0.338 e. The van der Waals surface area contributed by atoms with Crippen molar-refractivity contribution in [3.63, 3.8) is 0 Å². The van der Waals surface area contributed by atoms with E-state index in [0.29, 0.717) is 11.9 Å². The van der Waals surface area contributed by atoms with Gasteiger partial charge in [-0.2, -0.15) is 23.4 Å². The third kappa shape index (κ3) is 3.89. The molecule has 1 heterocycles. The van der Waals surface area contributed by atoms with E-state index in [0.717, 1.165) is 0 Å². The van der Waals surface area contributed by atoms with Gasteiger partial charge in [-0.15, -0.1) is 0 Å². The molecule has 0 radical (unpaired) electrons. The maximum absolute atomic E-state index is 13.3. The van der Waals surface area contributed by atoms with E-state index in [4.69, 9.17) is 5.26 Å². The lowest BCUT2D eigenvalue weighted by Crippen LogP contribution is -2.13. The van der Waals surface area contributed by atoms with Crippen molar-refractivity contribution in [1.29, 1.82) is 5.26 Å². The molecule has 1 aromatic heterocycles. The van der Waals surface area contributed by atoms with Crippen LogP contribution in [0.4, 0.5) is 36.3 Å². The SMILES string of the molecule is N#Cc1ccccc1Nc1nc(Nc2ccccc2)ncc1C(F)(F)F. The molecule has 0 saturated carbocycles. The molecule has 3 aromatic rings. The van der Waals surface area contributed by atoms with E-state index in [1.165, 1.54) is 12.1 Å². The number of hydrogen-bond donors (Lipinski definition) is 2. The average molecular weight is 355 g/mol. The first-order valence-electron chi connectivity index (χ1n) is 7.50. The molecule has 130 valence electrons. The summed E-state index contributed by atoms with van der Waals surface area (Å²) < 4.78 is 39.9. The highest BCUT2D eigenvalue weighted by atomic mass is 19.4. The highest BCUT2D eigenvalue weighted by molar-refractivity contribution is 5.67. The van der Waals surface area contributed by atoms with Gasteiger partial charge in [0.1, 0.15) is 17.5 Å². The first-order valence-corrected chi connectivity index (χ1v) is 7.50. The molecule has 0 spiro atoms. The van der Waals surface area contributed by atoms with Gasteiger partial charge < -0.3 is 10.6 Å². The van der Waals surface area contributed by atoms with Crippen LogP contribution in [0.2, 0.25) is 0 Å². The van der Waals surface area contributed by atoms with Crippen molar-refractivity contribution < 1.29 is 13.2 Å². The van der Waals surface area contributed by atoms with Crippen LogP contribution >= 0.6 is 0 Å². The maximum Gasteiger partial charge on any atom is 0.421 e. The van der Waals surface area contributed by atoms with Gasteiger partial charge in [-0.05, 0) is 24.3 Å². The number of rotatable bonds is 4. The summed E-state index contributed by atoms with van der Waals surface area (Å²) in [6.07, 6.45) is -3.94. The first-order chi connectivity index (χ1) is 12.5. The van der Waals surface area contributed by atoms with Crippen molar-refractivity contribution in [3.8, 4) is 6.07 Å². The summed E-state index contributed by atoms with van der Waals surface area (Å²) in [5.41, 5.74) is 0.0427. The van der Waals surface area contributed by atoms with Crippen molar-refractivity contribution >= 4 is 23.1 Å². The number of benzene rings is 2. The fraction of sp³-hybridized carbons (Fsp3) is 0.0556. The van der Waals surface area contributed by atoms with Crippen LogP contribution in [-0.4, -0.2) is 9.97 Å². The monoisotopic (exact) mass is 355 g/mol. The summed E-state index contributed by atoms with van der Waals surface area (Å²) in [6.45, 7) is 0. The standard InChI is InChI=1S/C18H12F3N5/c19-18(20,21)14-11-23-17(24-13-7-2-1-3-8-13)26-16(14)25-15-9-5-4-6-12(15)10-22/h1-9,11H,(H2,23,24,25,26). The van der Waals surface area contributed by atoms with E-state index in [-0.39, 0.29) is 17.2 Å². The highest BCUT2D eigenvalue weighted by Gasteiger charge is 2.35. The van der Waals surface area contributed by atoms with Gasteiger partial charge in [-0.1, -0.05) is 30.3 Å². The van der Waals surface area contributed by atoms with Crippen LogP contribution in [0.25, 0.3) is 0 Å². The molecule has 26 heavy (non-hydrogen) atoms. The van der Waals surface area contributed by atoms with E-state index in [9.17, 15) is 13.2 Å². The lowest BCUT2D eigenvalue weighted by Gasteiger charge is -2.15. The quantitative estimate of drug-likeness (QED) is 0.699. The smallest absolute Gasteiger partial charge is 0.338 e. The lowest BCUT2D eigenvalue weighted by atomic mass is 10.2. The first kappa shape index (κ1) is 17.2. The summed E-state index contributed by atoms with van der Waals surface area (Å²) in [6, 6.07) is 17.0. The molecule has 0 amide bonds. The summed E-state index contributed by atoms with van der Waals surface area (Å²) in [5, 5.41) is 14.6. The molecule has 0 atom stereocenters. The fourth-order valence-corrected chi connectivity index (χ4v) is 2.21. The second-order valence-electron chi connectivity index (χ2n) is 5.23. The van der Waals surface area contributed by atoms with Crippen LogP contribution in [0, 0.1) is 11.3 Å². The van der Waals surface area contributed by atoms with E-state index >= 15 is 0 Å². The number of alkyl halides is 3. The highest BCUT2D eigenvalue weighted by Crippen LogP contribution is 2.35. The van der Waals surface area contributed by atoms with Gasteiger partial charge in [-0.3, -0.25) is 0 Å². The number of nitrogens with one attached hydrogen (secondary N) is 2. The Balaban J connectivity index is 2.00.